The summed E-state index contributed by atoms with van der Waals surface area (Å²) in [4.78, 5) is 38.8. The number of para-hydroxylation sites is 1. The fraction of sp³-hybridized carbons (Fsp3) is 0.286. The van der Waals surface area contributed by atoms with Crippen LogP contribution in [0.4, 0.5) is 10.5 Å². The minimum atomic E-state index is -0.291. The number of benzene rings is 2. The van der Waals surface area contributed by atoms with Gasteiger partial charge in [0.05, 0.1) is 5.69 Å². The summed E-state index contributed by atoms with van der Waals surface area (Å²) in [5, 5.41) is 2.65. The topological polar surface area (TPSA) is 84.9 Å². The number of amides is 2. The Hall–Kier alpha value is -3.00. The number of thioether (sulfide) groups is 1. The number of ether oxygens (including phenoxy) is 2. The van der Waals surface area contributed by atoms with Crippen LogP contribution in [-0.4, -0.2) is 49.1 Å². The monoisotopic (exact) mass is 414 g/mol. The van der Waals surface area contributed by atoms with Crippen LogP contribution in [0, 0.1) is 0 Å². The van der Waals surface area contributed by atoms with Crippen molar-refractivity contribution in [2.45, 2.75) is 17.7 Å². The van der Waals surface area contributed by atoms with E-state index in [9.17, 15) is 14.4 Å². The largest absolute Gasteiger partial charge is 0.486 e. The molecule has 0 fully saturated rings. The Morgan fingerprint density at radius 3 is 2.48 bits per heavy atom. The number of carbonyl (C=O) groups excluding carboxylic acids is 3. The van der Waals surface area contributed by atoms with E-state index in [1.54, 1.807) is 56.6 Å². The molecule has 1 aliphatic heterocycles. The molecule has 1 aliphatic rings. The molecular formula is C21H22N2O5S. The van der Waals surface area contributed by atoms with Crippen LogP contribution >= 0.6 is 11.8 Å². The summed E-state index contributed by atoms with van der Waals surface area (Å²) in [6, 6.07) is 12.1. The number of ketones is 1. The highest BCUT2D eigenvalue weighted by Crippen LogP contribution is 2.31. The van der Waals surface area contributed by atoms with Gasteiger partial charge in [-0.2, -0.15) is 0 Å². The van der Waals surface area contributed by atoms with Crippen molar-refractivity contribution in [3.63, 3.8) is 0 Å². The molecule has 0 saturated heterocycles. The third-order valence-corrected chi connectivity index (χ3v) is 5.28. The second-order valence-corrected chi connectivity index (χ2v) is 7.58. The number of nitrogens with zero attached hydrogens (tertiary/aromatic N) is 1. The van der Waals surface area contributed by atoms with Gasteiger partial charge in [0, 0.05) is 37.4 Å². The van der Waals surface area contributed by atoms with Crippen molar-refractivity contribution in [3.8, 4) is 11.5 Å². The van der Waals surface area contributed by atoms with Crippen LogP contribution < -0.4 is 14.8 Å². The van der Waals surface area contributed by atoms with E-state index in [4.69, 9.17) is 9.47 Å². The molecular weight excluding hydrogens is 392 g/mol. The smallest absolute Gasteiger partial charge is 0.286 e. The molecule has 1 heterocycles. The first kappa shape index (κ1) is 20.7. The number of carbonyl (C=O) groups is 3. The van der Waals surface area contributed by atoms with Crippen LogP contribution in [0.3, 0.4) is 0 Å². The molecule has 0 bridgehead atoms. The van der Waals surface area contributed by atoms with Crippen molar-refractivity contribution in [3.05, 3.63) is 48.0 Å². The van der Waals surface area contributed by atoms with Gasteiger partial charge in [0.1, 0.15) is 13.2 Å². The summed E-state index contributed by atoms with van der Waals surface area (Å²) in [5.41, 5.74) is 1.03. The zero-order valence-corrected chi connectivity index (χ0v) is 17.1. The molecule has 1 N–H and O–H groups in total. The quantitative estimate of drug-likeness (QED) is 0.571. The summed E-state index contributed by atoms with van der Waals surface area (Å²) in [7, 11) is 3.33. The van der Waals surface area contributed by atoms with Crippen LogP contribution in [0.1, 0.15) is 23.2 Å². The fourth-order valence-corrected chi connectivity index (χ4v) is 3.39. The predicted octanol–water partition coefficient (Wildman–Crippen LogP) is 3.83. The third kappa shape index (κ3) is 5.51. The van der Waals surface area contributed by atoms with Gasteiger partial charge in [0.25, 0.3) is 5.24 Å². The maximum absolute atomic E-state index is 12.4. The molecule has 2 aromatic rings. The van der Waals surface area contributed by atoms with Crippen molar-refractivity contribution in [2.75, 3.05) is 32.6 Å². The molecule has 0 saturated carbocycles. The highest BCUT2D eigenvalue weighted by molar-refractivity contribution is 8.13. The van der Waals surface area contributed by atoms with Gasteiger partial charge in [-0.15, -0.1) is 0 Å². The van der Waals surface area contributed by atoms with Gasteiger partial charge in [0.2, 0.25) is 5.91 Å². The molecule has 0 atom stereocenters. The molecule has 29 heavy (non-hydrogen) atoms. The Bertz CT molecular complexity index is 929. The SMILES string of the molecule is CN(C)C(=O)Sc1ccccc1NC(=O)CCC(=O)c1ccc2c(c1)OCCO2. The average Bonchev–Trinajstić information content (AvgIpc) is 2.73. The van der Waals surface area contributed by atoms with E-state index in [0.717, 1.165) is 11.8 Å². The molecule has 7 nitrogen and oxygen atoms in total. The Morgan fingerprint density at radius 2 is 1.72 bits per heavy atom. The molecule has 2 amide bonds. The lowest BCUT2D eigenvalue weighted by Crippen LogP contribution is -2.17. The van der Waals surface area contributed by atoms with E-state index in [2.05, 4.69) is 5.32 Å². The highest BCUT2D eigenvalue weighted by Gasteiger charge is 2.17. The first-order chi connectivity index (χ1) is 13.9. The van der Waals surface area contributed by atoms with Gasteiger partial charge in [-0.05, 0) is 42.1 Å². The fourth-order valence-electron chi connectivity index (χ4n) is 2.65. The standard InChI is InChI=1S/C21H22N2O5S/c1-23(2)21(26)29-19-6-4-3-5-15(19)22-20(25)10-8-16(24)14-7-9-17-18(13-14)28-12-11-27-17/h3-7,9,13H,8,10-12H2,1-2H3,(H,22,25). The van der Waals surface area contributed by atoms with Crippen LogP contribution in [0.2, 0.25) is 0 Å². The van der Waals surface area contributed by atoms with Gasteiger partial charge in [-0.1, -0.05) is 12.1 Å². The Kier molecular flexibility index (Phi) is 6.77. The number of nitrogens with one attached hydrogen (secondary N) is 1. The summed E-state index contributed by atoms with van der Waals surface area (Å²) < 4.78 is 10.9. The minimum absolute atomic E-state index is 0.0356. The molecule has 152 valence electrons. The zero-order valence-electron chi connectivity index (χ0n) is 16.3. The number of Topliss-reactive ketones (excluding diaryl/α,β-unsaturated/α-hetero) is 1. The second-order valence-electron chi connectivity index (χ2n) is 6.59. The average molecular weight is 414 g/mol. The maximum atomic E-state index is 12.4. The lowest BCUT2D eigenvalue weighted by molar-refractivity contribution is -0.116. The maximum Gasteiger partial charge on any atom is 0.286 e. The molecule has 0 radical (unpaired) electrons. The summed E-state index contributed by atoms with van der Waals surface area (Å²) in [6.07, 6.45) is 0.102. The molecule has 0 aromatic heterocycles. The molecule has 2 aromatic carbocycles. The molecule has 3 rings (SSSR count). The molecule has 8 heteroatoms. The van der Waals surface area contributed by atoms with Gasteiger partial charge >= 0.3 is 0 Å². The Balaban J connectivity index is 1.58. The minimum Gasteiger partial charge on any atom is -0.486 e. The van der Waals surface area contributed by atoms with E-state index in [-0.39, 0.29) is 29.8 Å². The van der Waals surface area contributed by atoms with Gasteiger partial charge in [-0.3, -0.25) is 14.4 Å². The molecule has 0 unspecified atom stereocenters. The van der Waals surface area contributed by atoms with Crippen LogP contribution in [-0.2, 0) is 4.79 Å². The number of anilines is 1. The van der Waals surface area contributed by atoms with E-state index in [0.29, 0.717) is 40.9 Å². The van der Waals surface area contributed by atoms with Gasteiger partial charge in [-0.25, -0.2) is 0 Å². The number of hydrogen-bond acceptors (Lipinski definition) is 6. The number of fused-ring (bicyclic) bond motifs is 1. The van der Waals surface area contributed by atoms with Gasteiger partial charge in [0.15, 0.2) is 17.3 Å². The van der Waals surface area contributed by atoms with Crippen molar-refractivity contribution < 1.29 is 23.9 Å². The number of hydrogen-bond donors (Lipinski definition) is 1. The van der Waals surface area contributed by atoms with Crippen molar-refractivity contribution in [1.82, 2.24) is 4.90 Å². The normalized spacial score (nSPS) is 12.2. The van der Waals surface area contributed by atoms with E-state index < -0.39 is 0 Å². The zero-order chi connectivity index (χ0) is 20.8. The number of rotatable bonds is 6. The van der Waals surface area contributed by atoms with Crippen molar-refractivity contribution >= 4 is 34.4 Å². The lowest BCUT2D eigenvalue weighted by Gasteiger charge is -2.18. The van der Waals surface area contributed by atoms with Crippen LogP contribution in [0.5, 0.6) is 11.5 Å². The summed E-state index contributed by atoms with van der Waals surface area (Å²) in [6.45, 7) is 0.932. The van der Waals surface area contributed by atoms with Gasteiger partial charge < -0.3 is 19.7 Å². The Labute approximate surface area is 173 Å². The second kappa shape index (κ2) is 9.47. The summed E-state index contributed by atoms with van der Waals surface area (Å²) in [5.74, 6) is 0.721. The predicted molar refractivity (Wildman–Crippen MR) is 111 cm³/mol. The van der Waals surface area contributed by atoms with E-state index in [1.165, 1.54) is 4.90 Å². The first-order valence-corrected chi connectivity index (χ1v) is 9.96. The third-order valence-electron chi connectivity index (χ3n) is 4.17. The van der Waals surface area contributed by atoms with E-state index >= 15 is 0 Å². The molecule has 0 spiro atoms. The van der Waals surface area contributed by atoms with Crippen LogP contribution in [0.25, 0.3) is 0 Å². The Morgan fingerprint density at radius 1 is 1.00 bits per heavy atom. The van der Waals surface area contributed by atoms with Crippen molar-refractivity contribution in [1.29, 1.82) is 0 Å². The molecule has 0 aliphatic carbocycles. The van der Waals surface area contributed by atoms with Crippen molar-refractivity contribution in [2.24, 2.45) is 0 Å². The highest BCUT2D eigenvalue weighted by atomic mass is 32.2. The first-order valence-electron chi connectivity index (χ1n) is 9.15. The lowest BCUT2D eigenvalue weighted by atomic mass is 10.1. The summed E-state index contributed by atoms with van der Waals surface area (Å²) >= 11 is 1.03. The van der Waals surface area contributed by atoms with Crippen LogP contribution in [0.15, 0.2) is 47.4 Å². The van der Waals surface area contributed by atoms with E-state index in [1.807, 2.05) is 0 Å².